The maximum absolute atomic E-state index is 13.0. The highest BCUT2D eigenvalue weighted by Crippen LogP contribution is 2.37. The first-order chi connectivity index (χ1) is 12.6. The summed E-state index contributed by atoms with van der Waals surface area (Å²) >= 11 is 0. The zero-order valence-electron chi connectivity index (χ0n) is 14.0. The van der Waals surface area contributed by atoms with Gasteiger partial charge >= 0.3 is 0 Å². The topological polar surface area (TPSA) is 101 Å². The number of carbonyl (C=O) groups excluding carboxylic acids is 2. The molecule has 3 N–H and O–H groups in total. The molecule has 1 aliphatic rings. The minimum Gasteiger partial charge on any atom is -0.488 e. The zero-order chi connectivity index (χ0) is 18.3. The van der Waals surface area contributed by atoms with Gasteiger partial charge in [-0.2, -0.15) is 5.10 Å². The molecule has 2 heterocycles. The van der Waals surface area contributed by atoms with Crippen LogP contribution in [0.15, 0.2) is 48.5 Å². The molecule has 26 heavy (non-hydrogen) atoms. The third-order valence-corrected chi connectivity index (χ3v) is 4.43. The molecular weight excluding hydrogens is 332 g/mol. The van der Waals surface area contributed by atoms with E-state index in [4.69, 9.17) is 10.5 Å². The molecule has 7 nitrogen and oxygen atoms in total. The fourth-order valence-electron chi connectivity index (χ4n) is 3.10. The van der Waals surface area contributed by atoms with Crippen molar-refractivity contribution in [3.05, 3.63) is 65.4 Å². The van der Waals surface area contributed by atoms with E-state index in [-0.39, 0.29) is 18.1 Å². The molecule has 0 saturated carbocycles. The maximum atomic E-state index is 13.0. The van der Waals surface area contributed by atoms with Gasteiger partial charge in [0, 0.05) is 18.2 Å². The van der Waals surface area contributed by atoms with E-state index in [0.717, 1.165) is 11.3 Å². The second kappa shape index (κ2) is 6.03. The number of nitrogens with zero attached hydrogens (tertiary/aromatic N) is 2. The summed E-state index contributed by atoms with van der Waals surface area (Å²) in [6, 6.07) is 14.2. The van der Waals surface area contributed by atoms with Gasteiger partial charge in [-0.15, -0.1) is 0 Å². The Morgan fingerprint density at radius 1 is 1.15 bits per heavy atom. The SMILES string of the molecule is CN(C(=O)c1[nH]nc2c1COc1ccccc1-2)c1ccccc1C(N)=O. The summed E-state index contributed by atoms with van der Waals surface area (Å²) in [6.07, 6.45) is 0. The fraction of sp³-hybridized carbons (Fsp3) is 0.105. The number of primary amides is 1. The Hall–Kier alpha value is -3.61. The first-order valence-corrected chi connectivity index (χ1v) is 8.04. The molecule has 0 atom stereocenters. The molecule has 1 aromatic heterocycles. The molecule has 130 valence electrons. The average molecular weight is 348 g/mol. The molecule has 2 amide bonds. The number of ether oxygens (including phenoxy) is 1. The van der Waals surface area contributed by atoms with E-state index in [0.29, 0.717) is 22.6 Å². The van der Waals surface area contributed by atoms with Crippen LogP contribution in [0.1, 0.15) is 26.4 Å². The molecule has 7 heteroatoms. The number of nitrogens with one attached hydrogen (secondary N) is 1. The number of amides is 2. The summed E-state index contributed by atoms with van der Waals surface area (Å²) in [5, 5.41) is 7.13. The first-order valence-electron chi connectivity index (χ1n) is 8.04. The van der Waals surface area contributed by atoms with Gasteiger partial charge in [0.2, 0.25) is 0 Å². The highest BCUT2D eigenvalue weighted by atomic mass is 16.5. The highest BCUT2D eigenvalue weighted by Gasteiger charge is 2.28. The van der Waals surface area contributed by atoms with Gasteiger partial charge in [0.25, 0.3) is 11.8 Å². The van der Waals surface area contributed by atoms with Crippen LogP contribution >= 0.6 is 0 Å². The Balaban J connectivity index is 1.74. The van der Waals surface area contributed by atoms with E-state index in [1.54, 1.807) is 31.3 Å². The molecule has 0 bridgehead atoms. The number of rotatable bonds is 3. The Labute approximate surface area is 149 Å². The third-order valence-electron chi connectivity index (χ3n) is 4.43. The molecular formula is C19H16N4O3. The van der Waals surface area contributed by atoms with E-state index < -0.39 is 5.91 Å². The fourth-order valence-corrected chi connectivity index (χ4v) is 3.10. The molecule has 0 unspecified atom stereocenters. The number of aromatic nitrogens is 2. The molecule has 2 aromatic carbocycles. The number of anilines is 1. The molecule has 0 aliphatic carbocycles. The van der Waals surface area contributed by atoms with Crippen LogP contribution in [0.3, 0.4) is 0 Å². The zero-order valence-corrected chi connectivity index (χ0v) is 14.0. The van der Waals surface area contributed by atoms with Gasteiger partial charge in [0.05, 0.1) is 11.3 Å². The van der Waals surface area contributed by atoms with Crippen molar-refractivity contribution in [3.63, 3.8) is 0 Å². The summed E-state index contributed by atoms with van der Waals surface area (Å²) in [7, 11) is 1.59. The van der Waals surface area contributed by atoms with Crippen molar-refractivity contribution in [2.45, 2.75) is 6.61 Å². The summed E-state index contributed by atoms with van der Waals surface area (Å²) in [5.41, 5.74) is 8.69. The Morgan fingerprint density at radius 3 is 2.69 bits per heavy atom. The molecule has 0 radical (unpaired) electrons. The van der Waals surface area contributed by atoms with Crippen LogP contribution in [0.5, 0.6) is 5.75 Å². The Bertz CT molecular complexity index is 1030. The number of benzene rings is 2. The molecule has 3 aromatic rings. The van der Waals surface area contributed by atoms with Crippen molar-refractivity contribution in [2.24, 2.45) is 5.73 Å². The van der Waals surface area contributed by atoms with Crippen molar-refractivity contribution < 1.29 is 14.3 Å². The number of hydrogen-bond donors (Lipinski definition) is 2. The number of para-hydroxylation sites is 2. The van der Waals surface area contributed by atoms with Crippen LogP contribution in [0.25, 0.3) is 11.3 Å². The first kappa shape index (κ1) is 15.9. The number of fused-ring (bicyclic) bond motifs is 3. The van der Waals surface area contributed by atoms with Gasteiger partial charge in [-0.1, -0.05) is 24.3 Å². The average Bonchev–Trinajstić information content (AvgIpc) is 3.11. The number of nitrogens with two attached hydrogens (primary N) is 1. The monoisotopic (exact) mass is 348 g/mol. The van der Waals surface area contributed by atoms with E-state index >= 15 is 0 Å². The lowest BCUT2D eigenvalue weighted by molar-refractivity contribution is 0.0985. The maximum Gasteiger partial charge on any atom is 0.276 e. The summed E-state index contributed by atoms with van der Waals surface area (Å²) in [6.45, 7) is 0.245. The molecule has 1 aliphatic heterocycles. The lowest BCUT2D eigenvalue weighted by atomic mass is 10.0. The minimum atomic E-state index is -0.593. The predicted molar refractivity (Wildman–Crippen MR) is 96.0 cm³/mol. The van der Waals surface area contributed by atoms with E-state index in [1.165, 1.54) is 4.90 Å². The Kier molecular flexibility index (Phi) is 3.69. The lowest BCUT2D eigenvalue weighted by Crippen LogP contribution is -2.30. The predicted octanol–water partition coefficient (Wildman–Crippen LogP) is 2.34. The van der Waals surface area contributed by atoms with Crippen LogP contribution in [0.2, 0.25) is 0 Å². The quantitative estimate of drug-likeness (QED) is 0.758. The van der Waals surface area contributed by atoms with Gasteiger partial charge in [-0.25, -0.2) is 0 Å². The van der Waals surface area contributed by atoms with Gasteiger partial charge < -0.3 is 15.4 Å². The molecule has 4 rings (SSSR count). The van der Waals surface area contributed by atoms with Crippen molar-refractivity contribution >= 4 is 17.5 Å². The number of hydrogen-bond acceptors (Lipinski definition) is 4. The lowest BCUT2D eigenvalue weighted by Gasteiger charge is -2.21. The van der Waals surface area contributed by atoms with Crippen molar-refractivity contribution in [2.75, 3.05) is 11.9 Å². The Morgan fingerprint density at radius 2 is 1.88 bits per heavy atom. The van der Waals surface area contributed by atoms with Crippen molar-refractivity contribution in [1.82, 2.24) is 10.2 Å². The van der Waals surface area contributed by atoms with Crippen LogP contribution in [0, 0.1) is 0 Å². The second-order valence-corrected chi connectivity index (χ2v) is 5.96. The number of carbonyl (C=O) groups is 2. The van der Waals surface area contributed by atoms with E-state index in [9.17, 15) is 9.59 Å². The van der Waals surface area contributed by atoms with Gasteiger partial charge in [-0.3, -0.25) is 14.7 Å². The smallest absolute Gasteiger partial charge is 0.276 e. The van der Waals surface area contributed by atoms with Crippen LogP contribution in [0.4, 0.5) is 5.69 Å². The normalized spacial score (nSPS) is 11.9. The van der Waals surface area contributed by atoms with Gasteiger partial charge in [-0.05, 0) is 24.3 Å². The molecule has 0 fully saturated rings. The van der Waals surface area contributed by atoms with Crippen molar-refractivity contribution in [1.29, 1.82) is 0 Å². The molecule has 0 saturated heterocycles. The second-order valence-electron chi connectivity index (χ2n) is 5.96. The van der Waals surface area contributed by atoms with Gasteiger partial charge in [0.1, 0.15) is 23.7 Å². The standard InChI is InChI=1S/C19H16N4O3/c1-23(14-8-4-2-6-11(14)18(20)24)19(25)17-13-10-26-15-9-5-3-7-12(15)16(13)21-22-17/h2-9H,10H2,1H3,(H2,20,24)(H,21,22). The largest absolute Gasteiger partial charge is 0.488 e. The van der Waals surface area contributed by atoms with Crippen molar-refractivity contribution in [3.8, 4) is 17.0 Å². The van der Waals surface area contributed by atoms with Gasteiger partial charge in [0.15, 0.2) is 0 Å². The third kappa shape index (κ3) is 2.41. The highest BCUT2D eigenvalue weighted by molar-refractivity contribution is 6.10. The summed E-state index contributed by atoms with van der Waals surface area (Å²) < 4.78 is 5.74. The van der Waals surface area contributed by atoms with E-state index in [1.807, 2.05) is 24.3 Å². The number of H-pyrrole nitrogens is 1. The van der Waals surface area contributed by atoms with Crippen LogP contribution in [-0.4, -0.2) is 29.1 Å². The minimum absolute atomic E-state index is 0.245. The van der Waals surface area contributed by atoms with Crippen LogP contribution in [-0.2, 0) is 6.61 Å². The summed E-state index contributed by atoms with van der Waals surface area (Å²) in [5.74, 6) is -0.183. The van der Waals surface area contributed by atoms with E-state index in [2.05, 4.69) is 10.2 Å². The molecule has 0 spiro atoms. The summed E-state index contributed by atoms with van der Waals surface area (Å²) in [4.78, 5) is 26.0. The van der Waals surface area contributed by atoms with Crippen LogP contribution < -0.4 is 15.4 Å². The number of aromatic amines is 1.